The second-order valence-corrected chi connectivity index (χ2v) is 6.14. The molecule has 0 amide bonds. The van der Waals surface area contributed by atoms with E-state index in [-0.39, 0.29) is 6.04 Å². The molecule has 0 fully saturated rings. The molecule has 4 nitrogen and oxygen atoms in total. The van der Waals surface area contributed by atoms with Crippen molar-refractivity contribution in [3.63, 3.8) is 0 Å². The predicted octanol–water partition coefficient (Wildman–Crippen LogP) is 4.81. The van der Waals surface area contributed by atoms with Crippen molar-refractivity contribution >= 4 is 22.5 Å². The van der Waals surface area contributed by atoms with E-state index in [1.54, 1.807) is 7.11 Å². The highest BCUT2D eigenvalue weighted by atomic mass is 35.5. The number of hydrogen-bond donors (Lipinski definition) is 1. The predicted molar refractivity (Wildman–Crippen MR) is 99.7 cm³/mol. The molecule has 1 heterocycles. The maximum absolute atomic E-state index is 9.64. The second kappa shape index (κ2) is 7.52. The lowest BCUT2D eigenvalue weighted by Gasteiger charge is -2.20. The zero-order valence-electron chi connectivity index (χ0n) is 14.0. The third-order valence-electron chi connectivity index (χ3n) is 4.18. The topological polar surface area (TPSA) is 57.9 Å². The molecule has 3 rings (SSSR count). The quantitative estimate of drug-likeness (QED) is 0.670. The lowest BCUT2D eigenvalue weighted by molar-refractivity contribution is 0.414. The Hall–Kier alpha value is -2.61. The maximum Gasteiger partial charge on any atom is 0.135 e. The van der Waals surface area contributed by atoms with E-state index in [9.17, 15) is 5.26 Å². The zero-order valence-corrected chi connectivity index (χ0v) is 14.8. The average molecular weight is 352 g/mol. The van der Waals surface area contributed by atoms with Crippen molar-refractivity contribution in [1.82, 2.24) is 10.3 Å². The molecule has 0 saturated carbocycles. The highest BCUT2D eigenvalue weighted by Gasteiger charge is 2.19. The standard InChI is InChI=1S/C20H18ClN3O/c1-13(14-7-9-16(25-2)10-8-14)23-19(12-22)17-11-15-5-3-4-6-18(15)24-20(17)21/h3-11,13,19,23H,1-2H3. The Labute approximate surface area is 152 Å². The number of nitrogens with zero attached hydrogens (tertiary/aromatic N) is 2. The molecule has 1 N–H and O–H groups in total. The molecule has 0 bridgehead atoms. The SMILES string of the molecule is COc1ccc(C(C)NC(C#N)c2cc3ccccc3nc2Cl)cc1. The number of fused-ring (bicyclic) bond motifs is 1. The summed E-state index contributed by atoms with van der Waals surface area (Å²) >= 11 is 6.33. The van der Waals surface area contributed by atoms with E-state index < -0.39 is 6.04 Å². The van der Waals surface area contributed by atoms with Crippen LogP contribution in [0.4, 0.5) is 0 Å². The summed E-state index contributed by atoms with van der Waals surface area (Å²) in [7, 11) is 1.64. The molecule has 1 aromatic heterocycles. The van der Waals surface area contributed by atoms with Gasteiger partial charge in [-0.3, -0.25) is 5.32 Å². The summed E-state index contributed by atoms with van der Waals surface area (Å²) in [6.07, 6.45) is 0. The van der Waals surface area contributed by atoms with Crippen molar-refractivity contribution < 1.29 is 4.74 Å². The van der Waals surface area contributed by atoms with E-state index in [0.717, 1.165) is 22.2 Å². The van der Waals surface area contributed by atoms with Gasteiger partial charge in [0.2, 0.25) is 0 Å². The van der Waals surface area contributed by atoms with Crippen LogP contribution in [-0.2, 0) is 0 Å². The molecule has 3 aromatic rings. The van der Waals surface area contributed by atoms with E-state index in [2.05, 4.69) is 16.4 Å². The Morgan fingerprint density at radius 2 is 1.88 bits per heavy atom. The first kappa shape index (κ1) is 17.2. The molecule has 0 aliphatic heterocycles. The van der Waals surface area contributed by atoms with Gasteiger partial charge in [-0.1, -0.05) is 41.9 Å². The summed E-state index contributed by atoms with van der Waals surface area (Å²) in [5.41, 5.74) is 2.56. The summed E-state index contributed by atoms with van der Waals surface area (Å²) in [6, 6.07) is 19.1. The van der Waals surface area contributed by atoms with Crippen molar-refractivity contribution in [3.05, 3.63) is 70.9 Å². The van der Waals surface area contributed by atoms with Crippen molar-refractivity contribution in [2.45, 2.75) is 19.0 Å². The minimum absolute atomic E-state index is 0.0295. The fourth-order valence-electron chi connectivity index (χ4n) is 2.75. The Bertz CT molecular complexity index is 918. The van der Waals surface area contributed by atoms with Crippen molar-refractivity contribution in [3.8, 4) is 11.8 Å². The van der Waals surface area contributed by atoms with Gasteiger partial charge < -0.3 is 4.74 Å². The molecule has 0 saturated heterocycles. The van der Waals surface area contributed by atoms with E-state index in [1.165, 1.54) is 0 Å². The molecular weight excluding hydrogens is 334 g/mol. The van der Waals surface area contributed by atoms with Gasteiger partial charge >= 0.3 is 0 Å². The van der Waals surface area contributed by atoms with Crippen LogP contribution in [0.15, 0.2) is 54.6 Å². The van der Waals surface area contributed by atoms with Crippen LogP contribution in [0.1, 0.15) is 30.1 Å². The summed E-state index contributed by atoms with van der Waals surface area (Å²) < 4.78 is 5.18. The van der Waals surface area contributed by atoms with Crippen LogP contribution in [-0.4, -0.2) is 12.1 Å². The molecule has 2 aromatic carbocycles. The summed E-state index contributed by atoms with van der Waals surface area (Å²) in [6.45, 7) is 2.01. The molecule has 0 aliphatic rings. The third-order valence-corrected chi connectivity index (χ3v) is 4.48. The van der Waals surface area contributed by atoms with Gasteiger partial charge in [-0.05, 0) is 36.8 Å². The van der Waals surface area contributed by atoms with Gasteiger partial charge in [0.05, 0.1) is 18.7 Å². The normalized spacial score (nSPS) is 13.2. The van der Waals surface area contributed by atoms with Crippen molar-refractivity contribution in [2.24, 2.45) is 0 Å². The Kier molecular flexibility index (Phi) is 5.18. The van der Waals surface area contributed by atoms with E-state index in [4.69, 9.17) is 16.3 Å². The molecule has 2 atom stereocenters. The van der Waals surface area contributed by atoms with Gasteiger partial charge in [0.1, 0.15) is 16.9 Å². The van der Waals surface area contributed by atoms with E-state index in [1.807, 2.05) is 61.5 Å². The maximum atomic E-state index is 9.64. The summed E-state index contributed by atoms with van der Waals surface area (Å²) in [5.74, 6) is 0.801. The number of hydrogen-bond acceptors (Lipinski definition) is 4. The fraction of sp³-hybridized carbons (Fsp3) is 0.200. The molecule has 5 heteroatoms. The second-order valence-electron chi connectivity index (χ2n) is 5.78. The minimum Gasteiger partial charge on any atom is -0.497 e. The van der Waals surface area contributed by atoms with Crippen molar-refractivity contribution in [1.29, 1.82) is 5.26 Å². The van der Waals surface area contributed by atoms with Crippen LogP contribution in [0, 0.1) is 11.3 Å². The van der Waals surface area contributed by atoms with Crippen LogP contribution in [0.25, 0.3) is 10.9 Å². The highest BCUT2D eigenvalue weighted by molar-refractivity contribution is 6.30. The number of aromatic nitrogens is 1. The van der Waals surface area contributed by atoms with Crippen LogP contribution in [0.2, 0.25) is 5.15 Å². The van der Waals surface area contributed by atoms with Gasteiger partial charge in [0, 0.05) is 17.0 Å². The molecule has 0 radical (unpaired) electrons. The Morgan fingerprint density at radius 3 is 2.56 bits per heavy atom. The van der Waals surface area contributed by atoms with E-state index in [0.29, 0.717) is 10.7 Å². The molecule has 0 aliphatic carbocycles. The number of pyridine rings is 1. The first-order valence-corrected chi connectivity index (χ1v) is 8.35. The molecule has 25 heavy (non-hydrogen) atoms. The van der Waals surface area contributed by atoms with Gasteiger partial charge in [-0.2, -0.15) is 5.26 Å². The first-order valence-electron chi connectivity index (χ1n) is 7.97. The molecule has 0 spiro atoms. The number of ether oxygens (including phenoxy) is 1. The Morgan fingerprint density at radius 1 is 1.16 bits per heavy atom. The lowest BCUT2D eigenvalue weighted by Crippen LogP contribution is -2.24. The molecule has 2 unspecified atom stereocenters. The first-order chi connectivity index (χ1) is 12.1. The average Bonchev–Trinajstić information content (AvgIpc) is 2.65. The zero-order chi connectivity index (χ0) is 17.8. The number of methoxy groups -OCH3 is 1. The number of benzene rings is 2. The van der Waals surface area contributed by atoms with Crippen LogP contribution >= 0.6 is 11.6 Å². The van der Waals surface area contributed by atoms with Crippen LogP contribution < -0.4 is 10.1 Å². The molecular formula is C20H18ClN3O. The Balaban J connectivity index is 1.87. The van der Waals surface area contributed by atoms with Gasteiger partial charge in [0.25, 0.3) is 0 Å². The minimum atomic E-state index is -0.554. The summed E-state index contributed by atoms with van der Waals surface area (Å²) in [4.78, 5) is 4.40. The third kappa shape index (κ3) is 3.74. The van der Waals surface area contributed by atoms with Crippen LogP contribution in [0.5, 0.6) is 5.75 Å². The van der Waals surface area contributed by atoms with Crippen molar-refractivity contribution in [2.75, 3.05) is 7.11 Å². The fourth-order valence-corrected chi connectivity index (χ4v) is 3.00. The monoisotopic (exact) mass is 351 g/mol. The largest absolute Gasteiger partial charge is 0.497 e. The van der Waals surface area contributed by atoms with Crippen LogP contribution in [0.3, 0.4) is 0 Å². The number of rotatable bonds is 5. The number of nitrogens with one attached hydrogen (secondary N) is 1. The number of nitriles is 1. The molecule has 126 valence electrons. The van der Waals surface area contributed by atoms with E-state index >= 15 is 0 Å². The lowest BCUT2D eigenvalue weighted by atomic mass is 10.0. The highest BCUT2D eigenvalue weighted by Crippen LogP contribution is 2.28. The number of para-hydroxylation sites is 1. The van der Waals surface area contributed by atoms with Gasteiger partial charge in [0.15, 0.2) is 0 Å². The number of halogens is 1. The van der Waals surface area contributed by atoms with Gasteiger partial charge in [-0.15, -0.1) is 0 Å². The van der Waals surface area contributed by atoms with Gasteiger partial charge in [-0.25, -0.2) is 4.98 Å². The smallest absolute Gasteiger partial charge is 0.135 e. The summed E-state index contributed by atoms with van der Waals surface area (Å²) in [5, 5.41) is 14.3.